The Morgan fingerprint density at radius 2 is 2.36 bits per heavy atom. The summed E-state index contributed by atoms with van der Waals surface area (Å²) in [4.78, 5) is 10.8. The Balaban J connectivity index is 2.28. The van der Waals surface area contributed by atoms with Gasteiger partial charge < -0.3 is 4.74 Å². The molecule has 2 nitrogen and oxygen atoms in total. The summed E-state index contributed by atoms with van der Waals surface area (Å²) in [6.45, 7) is 2.83. The average Bonchev–Trinajstić information content (AvgIpc) is 2.17. The standard InChI is InChI=1S/C9H16O2/c1-2-3-8-4-5-9(10)11-7-6-8/h8H,2-7H2,1H3/t8-/m0/s1. The quantitative estimate of drug-likeness (QED) is 0.572. The maximum atomic E-state index is 10.8. The van der Waals surface area contributed by atoms with Gasteiger partial charge in [0.25, 0.3) is 0 Å². The van der Waals surface area contributed by atoms with Crippen LogP contribution < -0.4 is 0 Å². The van der Waals surface area contributed by atoms with Crippen LogP contribution in [0.2, 0.25) is 0 Å². The van der Waals surface area contributed by atoms with Crippen LogP contribution in [0.3, 0.4) is 0 Å². The Morgan fingerprint density at radius 3 is 3.09 bits per heavy atom. The summed E-state index contributed by atoms with van der Waals surface area (Å²) in [6.07, 6.45) is 5.20. The molecular weight excluding hydrogens is 140 g/mol. The van der Waals surface area contributed by atoms with E-state index < -0.39 is 0 Å². The molecule has 0 N–H and O–H groups in total. The lowest BCUT2D eigenvalue weighted by Gasteiger charge is -2.09. The zero-order valence-electron chi connectivity index (χ0n) is 7.14. The topological polar surface area (TPSA) is 26.3 Å². The Bertz CT molecular complexity index is 132. The molecule has 1 heterocycles. The molecule has 1 saturated heterocycles. The van der Waals surface area contributed by atoms with Gasteiger partial charge in [0.05, 0.1) is 6.61 Å². The van der Waals surface area contributed by atoms with Crippen LogP contribution in [-0.2, 0) is 9.53 Å². The van der Waals surface area contributed by atoms with Gasteiger partial charge in [-0.25, -0.2) is 0 Å². The van der Waals surface area contributed by atoms with Crippen LogP contribution in [0.1, 0.15) is 39.0 Å². The summed E-state index contributed by atoms with van der Waals surface area (Å²) < 4.78 is 4.94. The van der Waals surface area contributed by atoms with Gasteiger partial charge in [0.15, 0.2) is 0 Å². The lowest BCUT2D eigenvalue weighted by molar-refractivity contribution is -0.142. The van der Waals surface area contributed by atoms with Crippen molar-refractivity contribution in [2.45, 2.75) is 39.0 Å². The highest BCUT2D eigenvalue weighted by molar-refractivity contribution is 5.69. The van der Waals surface area contributed by atoms with E-state index in [9.17, 15) is 4.79 Å². The van der Waals surface area contributed by atoms with Crippen molar-refractivity contribution in [1.29, 1.82) is 0 Å². The van der Waals surface area contributed by atoms with Crippen molar-refractivity contribution in [3.8, 4) is 0 Å². The molecule has 11 heavy (non-hydrogen) atoms. The van der Waals surface area contributed by atoms with E-state index >= 15 is 0 Å². The number of cyclic esters (lactones) is 1. The van der Waals surface area contributed by atoms with E-state index in [1.807, 2.05) is 0 Å². The van der Waals surface area contributed by atoms with Crippen molar-refractivity contribution in [1.82, 2.24) is 0 Å². The van der Waals surface area contributed by atoms with Crippen molar-refractivity contribution < 1.29 is 9.53 Å². The summed E-state index contributed by atoms with van der Waals surface area (Å²) in [7, 11) is 0. The maximum Gasteiger partial charge on any atom is 0.305 e. The monoisotopic (exact) mass is 156 g/mol. The molecule has 0 saturated carbocycles. The van der Waals surface area contributed by atoms with Crippen LogP contribution in [0.4, 0.5) is 0 Å². The molecule has 2 heteroatoms. The molecular formula is C9H16O2. The smallest absolute Gasteiger partial charge is 0.305 e. The van der Waals surface area contributed by atoms with Crippen LogP contribution in [-0.4, -0.2) is 12.6 Å². The van der Waals surface area contributed by atoms with Gasteiger partial charge in [-0.05, 0) is 18.8 Å². The van der Waals surface area contributed by atoms with Crippen LogP contribution in [0.25, 0.3) is 0 Å². The van der Waals surface area contributed by atoms with E-state index in [-0.39, 0.29) is 5.97 Å². The predicted molar refractivity (Wildman–Crippen MR) is 43.2 cm³/mol. The lowest BCUT2D eigenvalue weighted by Crippen LogP contribution is -2.00. The largest absolute Gasteiger partial charge is 0.466 e. The average molecular weight is 156 g/mol. The van der Waals surface area contributed by atoms with E-state index in [2.05, 4.69) is 6.92 Å². The molecule has 0 spiro atoms. The number of carbonyl (C=O) groups is 1. The van der Waals surface area contributed by atoms with Crippen molar-refractivity contribution in [3.05, 3.63) is 0 Å². The summed E-state index contributed by atoms with van der Waals surface area (Å²) in [5.41, 5.74) is 0. The first-order valence-electron chi connectivity index (χ1n) is 4.48. The van der Waals surface area contributed by atoms with Crippen molar-refractivity contribution in [2.24, 2.45) is 5.92 Å². The summed E-state index contributed by atoms with van der Waals surface area (Å²) >= 11 is 0. The summed E-state index contributed by atoms with van der Waals surface area (Å²) in [5, 5.41) is 0. The fourth-order valence-corrected chi connectivity index (χ4v) is 1.57. The number of rotatable bonds is 2. The van der Waals surface area contributed by atoms with Crippen molar-refractivity contribution >= 4 is 5.97 Å². The van der Waals surface area contributed by atoms with E-state index in [4.69, 9.17) is 4.74 Å². The molecule has 1 rings (SSSR count). The second-order valence-corrected chi connectivity index (χ2v) is 3.20. The first kappa shape index (κ1) is 8.57. The van der Waals surface area contributed by atoms with E-state index in [0.29, 0.717) is 13.0 Å². The third kappa shape index (κ3) is 2.91. The maximum absolute atomic E-state index is 10.8. The zero-order valence-corrected chi connectivity index (χ0v) is 7.14. The second kappa shape index (κ2) is 4.37. The first-order chi connectivity index (χ1) is 5.33. The minimum Gasteiger partial charge on any atom is -0.466 e. The van der Waals surface area contributed by atoms with Gasteiger partial charge in [0.1, 0.15) is 0 Å². The van der Waals surface area contributed by atoms with E-state index in [1.165, 1.54) is 12.8 Å². The van der Waals surface area contributed by atoms with Crippen molar-refractivity contribution in [3.63, 3.8) is 0 Å². The third-order valence-corrected chi connectivity index (χ3v) is 2.24. The number of carbonyl (C=O) groups excluding carboxylic acids is 1. The molecule has 0 aliphatic carbocycles. The molecule has 0 aromatic heterocycles. The molecule has 0 bridgehead atoms. The normalized spacial score (nSPS) is 25.9. The first-order valence-corrected chi connectivity index (χ1v) is 4.48. The highest BCUT2D eigenvalue weighted by Gasteiger charge is 2.15. The summed E-state index contributed by atoms with van der Waals surface area (Å²) in [5.74, 6) is 0.718. The third-order valence-electron chi connectivity index (χ3n) is 2.24. The molecule has 1 atom stereocenters. The van der Waals surface area contributed by atoms with Crippen LogP contribution in [0.15, 0.2) is 0 Å². The number of ether oxygens (including phenoxy) is 1. The van der Waals surface area contributed by atoms with Gasteiger partial charge >= 0.3 is 5.97 Å². The van der Waals surface area contributed by atoms with E-state index in [1.54, 1.807) is 0 Å². The predicted octanol–water partition coefficient (Wildman–Crippen LogP) is 2.13. The van der Waals surface area contributed by atoms with Gasteiger partial charge in [0.2, 0.25) is 0 Å². The SMILES string of the molecule is CCC[C@@H]1CCOC(=O)CC1. The Morgan fingerprint density at radius 1 is 1.55 bits per heavy atom. The van der Waals surface area contributed by atoms with Crippen molar-refractivity contribution in [2.75, 3.05) is 6.61 Å². The fraction of sp³-hybridized carbons (Fsp3) is 0.889. The minimum absolute atomic E-state index is 0.0106. The number of esters is 1. The van der Waals surface area contributed by atoms with Gasteiger partial charge in [-0.1, -0.05) is 19.8 Å². The highest BCUT2D eigenvalue weighted by atomic mass is 16.5. The Kier molecular flexibility index (Phi) is 3.40. The lowest BCUT2D eigenvalue weighted by atomic mass is 9.96. The number of hydrogen-bond acceptors (Lipinski definition) is 2. The molecule has 0 radical (unpaired) electrons. The molecule has 0 amide bonds. The molecule has 0 aromatic rings. The van der Waals surface area contributed by atoms with Crippen LogP contribution >= 0.6 is 0 Å². The molecule has 0 unspecified atom stereocenters. The van der Waals surface area contributed by atoms with Gasteiger partial charge in [-0.15, -0.1) is 0 Å². The molecule has 1 fully saturated rings. The second-order valence-electron chi connectivity index (χ2n) is 3.20. The summed E-state index contributed by atoms with van der Waals surface area (Å²) in [6, 6.07) is 0. The number of hydrogen-bond donors (Lipinski definition) is 0. The van der Waals surface area contributed by atoms with E-state index in [0.717, 1.165) is 18.8 Å². The molecule has 64 valence electrons. The Hall–Kier alpha value is -0.530. The Labute approximate surface area is 67.9 Å². The zero-order chi connectivity index (χ0) is 8.10. The highest BCUT2D eigenvalue weighted by Crippen LogP contribution is 2.20. The molecule has 1 aliphatic rings. The van der Waals surface area contributed by atoms with Gasteiger partial charge in [0, 0.05) is 6.42 Å². The van der Waals surface area contributed by atoms with Crippen LogP contribution in [0, 0.1) is 5.92 Å². The van der Waals surface area contributed by atoms with Gasteiger partial charge in [-0.3, -0.25) is 4.79 Å². The molecule has 0 aromatic carbocycles. The van der Waals surface area contributed by atoms with Gasteiger partial charge in [-0.2, -0.15) is 0 Å². The molecule has 1 aliphatic heterocycles. The fourth-order valence-electron chi connectivity index (χ4n) is 1.57. The van der Waals surface area contributed by atoms with Crippen LogP contribution in [0.5, 0.6) is 0 Å². The minimum atomic E-state index is -0.0106.